The molecule has 2 heterocycles. The zero-order valence-corrected chi connectivity index (χ0v) is 11.4. The van der Waals surface area contributed by atoms with Crippen molar-refractivity contribution in [3.05, 3.63) is 28.6 Å². The van der Waals surface area contributed by atoms with E-state index < -0.39 is 0 Å². The Balaban J connectivity index is 2.32. The topological polar surface area (TPSA) is 55.6 Å². The van der Waals surface area contributed by atoms with Crippen molar-refractivity contribution in [2.45, 2.75) is 20.3 Å². The third-order valence-corrected chi connectivity index (χ3v) is 2.75. The van der Waals surface area contributed by atoms with Gasteiger partial charge < -0.3 is 5.32 Å². The fraction of sp³-hybridized carbons (Fsp3) is 0.364. The van der Waals surface area contributed by atoms with Gasteiger partial charge in [0.2, 0.25) is 5.95 Å². The summed E-state index contributed by atoms with van der Waals surface area (Å²) >= 11 is 3.43. The lowest BCUT2D eigenvalue weighted by Gasteiger charge is -2.07. The number of nitrogens with zero attached hydrogens (tertiary/aromatic N) is 4. The monoisotopic (exact) mass is 295 g/mol. The van der Waals surface area contributed by atoms with Crippen LogP contribution in [0.15, 0.2) is 23.1 Å². The lowest BCUT2D eigenvalue weighted by molar-refractivity contribution is 0.830. The van der Waals surface area contributed by atoms with Crippen molar-refractivity contribution < 1.29 is 0 Å². The van der Waals surface area contributed by atoms with E-state index in [1.54, 1.807) is 17.1 Å². The van der Waals surface area contributed by atoms with Crippen molar-refractivity contribution in [3.63, 3.8) is 0 Å². The van der Waals surface area contributed by atoms with Crippen LogP contribution >= 0.6 is 15.9 Å². The Morgan fingerprint density at radius 1 is 1.41 bits per heavy atom. The van der Waals surface area contributed by atoms with E-state index in [1.807, 2.05) is 13.1 Å². The van der Waals surface area contributed by atoms with E-state index in [-0.39, 0.29) is 0 Å². The zero-order valence-electron chi connectivity index (χ0n) is 9.81. The van der Waals surface area contributed by atoms with Gasteiger partial charge in [-0.2, -0.15) is 10.1 Å². The maximum absolute atomic E-state index is 4.42. The highest BCUT2D eigenvalue weighted by molar-refractivity contribution is 9.10. The first-order valence-electron chi connectivity index (χ1n) is 5.48. The van der Waals surface area contributed by atoms with E-state index >= 15 is 0 Å². The van der Waals surface area contributed by atoms with Crippen LogP contribution in [0.25, 0.3) is 5.82 Å². The molecule has 0 aliphatic heterocycles. The number of aromatic nitrogens is 4. The Morgan fingerprint density at radius 3 is 2.88 bits per heavy atom. The van der Waals surface area contributed by atoms with Crippen molar-refractivity contribution in [1.29, 1.82) is 0 Å². The molecule has 5 nitrogen and oxygen atoms in total. The molecule has 0 atom stereocenters. The molecule has 0 aromatic carbocycles. The largest absolute Gasteiger partial charge is 0.354 e. The third kappa shape index (κ3) is 2.82. The predicted octanol–water partition coefficient (Wildman–Crippen LogP) is 2.56. The average Bonchev–Trinajstić information content (AvgIpc) is 2.75. The first-order valence-corrected chi connectivity index (χ1v) is 6.28. The highest BCUT2D eigenvalue weighted by Gasteiger charge is 2.07. The van der Waals surface area contributed by atoms with E-state index in [1.165, 1.54) is 0 Å². The number of nitrogens with one attached hydrogen (secondary N) is 1. The molecule has 0 amide bonds. The maximum atomic E-state index is 4.42. The number of rotatable bonds is 4. The van der Waals surface area contributed by atoms with E-state index in [2.05, 4.69) is 43.2 Å². The SMILES string of the molecule is CCCNc1ncc(Br)c(-n2cc(C)cn2)n1. The summed E-state index contributed by atoms with van der Waals surface area (Å²) in [5, 5.41) is 7.39. The van der Waals surface area contributed by atoms with Gasteiger partial charge in [-0.15, -0.1) is 0 Å². The molecule has 6 heteroatoms. The number of hydrogen-bond acceptors (Lipinski definition) is 4. The lowest BCUT2D eigenvalue weighted by Crippen LogP contribution is -2.07. The molecular formula is C11H14BrN5. The molecule has 0 aliphatic carbocycles. The molecule has 1 N–H and O–H groups in total. The van der Waals surface area contributed by atoms with Gasteiger partial charge in [0, 0.05) is 18.9 Å². The van der Waals surface area contributed by atoms with Gasteiger partial charge in [0.15, 0.2) is 5.82 Å². The minimum absolute atomic E-state index is 0.623. The Labute approximate surface area is 108 Å². The second kappa shape index (κ2) is 5.27. The van der Waals surface area contributed by atoms with Crippen molar-refractivity contribution in [1.82, 2.24) is 19.7 Å². The van der Waals surface area contributed by atoms with Crippen molar-refractivity contribution in [2.75, 3.05) is 11.9 Å². The lowest BCUT2D eigenvalue weighted by atomic mass is 10.4. The normalized spacial score (nSPS) is 10.5. The second-order valence-electron chi connectivity index (χ2n) is 3.75. The summed E-state index contributed by atoms with van der Waals surface area (Å²) in [5.74, 6) is 1.37. The number of hydrogen-bond donors (Lipinski definition) is 1. The van der Waals surface area contributed by atoms with Crippen LogP contribution in [0.4, 0.5) is 5.95 Å². The van der Waals surface area contributed by atoms with Gasteiger partial charge >= 0.3 is 0 Å². The van der Waals surface area contributed by atoms with Crippen LogP contribution in [0, 0.1) is 6.92 Å². The quantitative estimate of drug-likeness (QED) is 0.942. The van der Waals surface area contributed by atoms with Gasteiger partial charge in [0.1, 0.15) is 0 Å². The fourth-order valence-corrected chi connectivity index (χ4v) is 1.74. The minimum Gasteiger partial charge on any atom is -0.354 e. The molecule has 2 rings (SSSR count). The Kier molecular flexibility index (Phi) is 3.73. The van der Waals surface area contributed by atoms with Crippen LogP contribution in [0.2, 0.25) is 0 Å². The van der Waals surface area contributed by atoms with Crippen LogP contribution in [-0.2, 0) is 0 Å². The van der Waals surface area contributed by atoms with Gasteiger partial charge in [0.25, 0.3) is 0 Å². The highest BCUT2D eigenvalue weighted by Crippen LogP contribution is 2.18. The molecule has 0 aliphatic rings. The van der Waals surface area contributed by atoms with E-state index in [9.17, 15) is 0 Å². The first-order chi connectivity index (χ1) is 8.20. The molecule has 0 radical (unpaired) electrons. The van der Waals surface area contributed by atoms with Crippen LogP contribution in [0.1, 0.15) is 18.9 Å². The Hall–Kier alpha value is -1.43. The molecular weight excluding hydrogens is 282 g/mol. The molecule has 17 heavy (non-hydrogen) atoms. The van der Waals surface area contributed by atoms with Gasteiger partial charge in [-0.1, -0.05) is 6.92 Å². The fourth-order valence-electron chi connectivity index (χ4n) is 1.37. The predicted molar refractivity (Wildman–Crippen MR) is 70.4 cm³/mol. The molecule has 90 valence electrons. The summed E-state index contributed by atoms with van der Waals surface area (Å²) in [6.45, 7) is 4.96. The summed E-state index contributed by atoms with van der Waals surface area (Å²) in [7, 11) is 0. The summed E-state index contributed by atoms with van der Waals surface area (Å²) in [5.41, 5.74) is 1.10. The van der Waals surface area contributed by atoms with Gasteiger partial charge in [-0.3, -0.25) is 0 Å². The van der Waals surface area contributed by atoms with Gasteiger partial charge in [-0.05, 0) is 34.8 Å². The second-order valence-corrected chi connectivity index (χ2v) is 4.61. The smallest absolute Gasteiger partial charge is 0.224 e. The van der Waals surface area contributed by atoms with Crippen LogP contribution in [0.5, 0.6) is 0 Å². The summed E-state index contributed by atoms with van der Waals surface area (Å²) in [4.78, 5) is 8.62. The standard InChI is InChI=1S/C11H14BrN5/c1-3-4-13-11-14-6-9(12)10(16-11)17-7-8(2)5-15-17/h5-7H,3-4H2,1-2H3,(H,13,14,16). The molecule has 2 aromatic heterocycles. The molecule has 0 bridgehead atoms. The molecule has 0 fully saturated rings. The van der Waals surface area contributed by atoms with E-state index in [0.29, 0.717) is 5.95 Å². The Morgan fingerprint density at radius 2 is 2.24 bits per heavy atom. The molecule has 2 aromatic rings. The summed E-state index contributed by atoms with van der Waals surface area (Å²) < 4.78 is 2.56. The first kappa shape index (κ1) is 12.0. The van der Waals surface area contributed by atoms with E-state index in [4.69, 9.17) is 0 Å². The van der Waals surface area contributed by atoms with Crippen molar-refractivity contribution in [2.24, 2.45) is 0 Å². The maximum Gasteiger partial charge on any atom is 0.224 e. The van der Waals surface area contributed by atoms with E-state index in [0.717, 1.165) is 28.8 Å². The van der Waals surface area contributed by atoms with Crippen LogP contribution in [-0.4, -0.2) is 26.3 Å². The highest BCUT2D eigenvalue weighted by atomic mass is 79.9. The average molecular weight is 296 g/mol. The Bertz CT molecular complexity index is 508. The summed E-state index contributed by atoms with van der Waals surface area (Å²) in [6.07, 6.45) is 6.50. The number of halogens is 1. The van der Waals surface area contributed by atoms with Gasteiger partial charge in [-0.25, -0.2) is 9.67 Å². The summed E-state index contributed by atoms with van der Waals surface area (Å²) in [6, 6.07) is 0. The molecule has 0 unspecified atom stereocenters. The van der Waals surface area contributed by atoms with Crippen molar-refractivity contribution in [3.8, 4) is 5.82 Å². The zero-order chi connectivity index (χ0) is 12.3. The molecule has 0 saturated carbocycles. The van der Waals surface area contributed by atoms with Crippen LogP contribution in [0.3, 0.4) is 0 Å². The minimum atomic E-state index is 0.623. The molecule has 0 saturated heterocycles. The van der Waals surface area contributed by atoms with Gasteiger partial charge in [0.05, 0.1) is 10.7 Å². The van der Waals surface area contributed by atoms with Crippen LogP contribution < -0.4 is 5.32 Å². The number of aryl methyl sites for hydroxylation is 1. The molecule has 0 spiro atoms. The number of anilines is 1. The van der Waals surface area contributed by atoms with Crippen molar-refractivity contribution >= 4 is 21.9 Å². The third-order valence-electron chi connectivity index (χ3n) is 2.19.